The number of methoxy groups -OCH3 is 1. The minimum absolute atomic E-state index is 0.196. The van der Waals surface area contributed by atoms with Gasteiger partial charge in [-0.2, -0.15) is 0 Å². The molecule has 0 atom stereocenters. The Morgan fingerprint density at radius 2 is 2.00 bits per heavy atom. The first-order valence-electron chi connectivity index (χ1n) is 4.19. The molecule has 0 aliphatic carbocycles. The molecule has 72 valence electrons. The zero-order valence-corrected chi connectivity index (χ0v) is 8.10. The maximum absolute atomic E-state index is 13.2. The fourth-order valence-electron chi connectivity index (χ4n) is 1.24. The summed E-state index contributed by atoms with van der Waals surface area (Å²) in [6, 6.07) is 2.95. The van der Waals surface area contributed by atoms with Crippen LogP contribution in [0, 0.1) is 5.82 Å². The van der Waals surface area contributed by atoms with Crippen molar-refractivity contribution in [3.63, 3.8) is 0 Å². The molecule has 1 aromatic rings. The average molecular weight is 183 g/mol. The summed E-state index contributed by atoms with van der Waals surface area (Å²) in [6.07, 6.45) is 0. The van der Waals surface area contributed by atoms with Crippen LogP contribution in [-0.4, -0.2) is 7.11 Å². The van der Waals surface area contributed by atoms with Crippen LogP contribution in [0.15, 0.2) is 12.1 Å². The van der Waals surface area contributed by atoms with Crippen molar-refractivity contribution in [1.82, 2.24) is 0 Å². The maximum Gasteiger partial charge on any atom is 0.165 e. The molecule has 0 saturated carbocycles. The van der Waals surface area contributed by atoms with Crippen LogP contribution in [0.3, 0.4) is 0 Å². The van der Waals surface area contributed by atoms with E-state index in [9.17, 15) is 4.39 Å². The molecule has 0 aliphatic heterocycles. The van der Waals surface area contributed by atoms with Crippen molar-refractivity contribution in [3.05, 3.63) is 23.5 Å². The van der Waals surface area contributed by atoms with Crippen molar-refractivity contribution in [3.8, 4) is 5.75 Å². The topological polar surface area (TPSA) is 35.2 Å². The van der Waals surface area contributed by atoms with Crippen molar-refractivity contribution in [2.75, 3.05) is 12.8 Å². The van der Waals surface area contributed by atoms with E-state index in [1.165, 1.54) is 19.2 Å². The molecule has 13 heavy (non-hydrogen) atoms. The van der Waals surface area contributed by atoms with E-state index in [2.05, 4.69) is 0 Å². The molecule has 0 bridgehead atoms. The minimum Gasteiger partial charge on any atom is -0.494 e. The van der Waals surface area contributed by atoms with Crippen LogP contribution in [0.1, 0.15) is 25.3 Å². The molecule has 1 rings (SSSR count). The van der Waals surface area contributed by atoms with Gasteiger partial charge in [0, 0.05) is 11.8 Å². The zero-order valence-electron chi connectivity index (χ0n) is 8.10. The van der Waals surface area contributed by atoms with Gasteiger partial charge in [-0.25, -0.2) is 4.39 Å². The van der Waals surface area contributed by atoms with Crippen LogP contribution < -0.4 is 10.5 Å². The smallest absolute Gasteiger partial charge is 0.165 e. The van der Waals surface area contributed by atoms with Gasteiger partial charge in [-0.15, -0.1) is 0 Å². The summed E-state index contributed by atoms with van der Waals surface area (Å²) in [6.45, 7) is 3.94. The molecule has 3 heteroatoms. The van der Waals surface area contributed by atoms with Crippen molar-refractivity contribution in [2.45, 2.75) is 19.8 Å². The average Bonchev–Trinajstić information content (AvgIpc) is 2.07. The molecule has 1 aromatic carbocycles. The second-order valence-electron chi connectivity index (χ2n) is 3.27. The third-order valence-electron chi connectivity index (χ3n) is 1.98. The highest BCUT2D eigenvalue weighted by Crippen LogP contribution is 2.28. The van der Waals surface area contributed by atoms with Gasteiger partial charge in [0.25, 0.3) is 0 Å². The van der Waals surface area contributed by atoms with Gasteiger partial charge in [-0.1, -0.05) is 13.8 Å². The first-order valence-corrected chi connectivity index (χ1v) is 4.19. The Balaban J connectivity index is 3.20. The number of ether oxygens (including phenoxy) is 1. The Kier molecular flexibility index (Phi) is 2.76. The summed E-state index contributed by atoms with van der Waals surface area (Å²) < 4.78 is 18.0. The van der Waals surface area contributed by atoms with E-state index in [1.807, 2.05) is 13.8 Å². The highest BCUT2D eigenvalue weighted by Gasteiger charge is 2.10. The monoisotopic (exact) mass is 183 g/mol. The van der Waals surface area contributed by atoms with E-state index in [4.69, 9.17) is 10.5 Å². The van der Waals surface area contributed by atoms with Crippen LogP contribution >= 0.6 is 0 Å². The zero-order chi connectivity index (χ0) is 10.0. The van der Waals surface area contributed by atoms with Crippen LogP contribution in [-0.2, 0) is 0 Å². The summed E-state index contributed by atoms with van der Waals surface area (Å²) in [5.74, 6) is 0.0581. The fraction of sp³-hybridized carbons (Fsp3) is 0.400. The Hall–Kier alpha value is -1.25. The summed E-state index contributed by atoms with van der Waals surface area (Å²) in [5, 5.41) is 0. The molecule has 0 aliphatic rings. The fourth-order valence-corrected chi connectivity index (χ4v) is 1.24. The highest BCUT2D eigenvalue weighted by atomic mass is 19.1. The molecule has 0 saturated heterocycles. The van der Waals surface area contributed by atoms with E-state index < -0.39 is 0 Å². The van der Waals surface area contributed by atoms with Gasteiger partial charge in [0.15, 0.2) is 11.6 Å². The number of nitrogens with two attached hydrogens (primary N) is 1. The van der Waals surface area contributed by atoms with Gasteiger partial charge in [0.05, 0.1) is 7.11 Å². The number of nitrogen functional groups attached to an aromatic ring is 1. The quantitative estimate of drug-likeness (QED) is 0.715. The van der Waals surface area contributed by atoms with E-state index in [-0.39, 0.29) is 17.5 Å². The molecule has 0 fully saturated rings. The molecule has 0 heterocycles. The lowest BCUT2D eigenvalue weighted by Gasteiger charge is -2.11. The molecule has 0 aromatic heterocycles. The molecule has 2 nitrogen and oxygen atoms in total. The third kappa shape index (κ3) is 1.91. The largest absolute Gasteiger partial charge is 0.494 e. The molecule has 2 N–H and O–H groups in total. The number of anilines is 1. The summed E-state index contributed by atoms with van der Waals surface area (Å²) >= 11 is 0. The first kappa shape index (κ1) is 9.84. The van der Waals surface area contributed by atoms with Crippen LogP contribution in [0.25, 0.3) is 0 Å². The van der Waals surface area contributed by atoms with Crippen LogP contribution in [0.5, 0.6) is 5.75 Å². The molecule has 0 amide bonds. The summed E-state index contributed by atoms with van der Waals surface area (Å²) in [5.41, 5.74) is 7.12. The van der Waals surface area contributed by atoms with Gasteiger partial charge in [0.2, 0.25) is 0 Å². The minimum atomic E-state index is -0.361. The SMILES string of the molecule is COc1cc(N)c(C(C)C)cc1F. The predicted octanol–water partition coefficient (Wildman–Crippen LogP) is 2.54. The van der Waals surface area contributed by atoms with Crippen molar-refractivity contribution < 1.29 is 9.13 Å². The number of rotatable bonds is 2. The predicted molar refractivity (Wildman–Crippen MR) is 51.5 cm³/mol. The normalized spacial score (nSPS) is 10.5. The maximum atomic E-state index is 13.2. The van der Waals surface area contributed by atoms with E-state index in [0.29, 0.717) is 5.69 Å². The van der Waals surface area contributed by atoms with Crippen molar-refractivity contribution in [2.24, 2.45) is 0 Å². The Morgan fingerprint density at radius 3 is 2.46 bits per heavy atom. The second kappa shape index (κ2) is 3.64. The van der Waals surface area contributed by atoms with Gasteiger partial charge in [0.1, 0.15) is 0 Å². The van der Waals surface area contributed by atoms with Gasteiger partial charge < -0.3 is 10.5 Å². The van der Waals surface area contributed by atoms with Gasteiger partial charge in [-0.05, 0) is 17.5 Å². The molecular formula is C10H14FNO. The van der Waals surface area contributed by atoms with Gasteiger partial charge >= 0.3 is 0 Å². The second-order valence-corrected chi connectivity index (χ2v) is 3.27. The Labute approximate surface area is 77.5 Å². The number of benzene rings is 1. The van der Waals surface area contributed by atoms with Crippen molar-refractivity contribution >= 4 is 5.69 Å². The standard InChI is InChI=1S/C10H14FNO/c1-6(2)7-4-8(11)10(13-3)5-9(7)12/h4-6H,12H2,1-3H3. The lowest BCUT2D eigenvalue weighted by Crippen LogP contribution is -1.99. The third-order valence-corrected chi connectivity index (χ3v) is 1.98. The summed E-state index contributed by atoms with van der Waals surface area (Å²) in [7, 11) is 1.42. The highest BCUT2D eigenvalue weighted by molar-refractivity contribution is 5.53. The van der Waals surface area contributed by atoms with Gasteiger partial charge in [-0.3, -0.25) is 0 Å². The molecule has 0 unspecified atom stereocenters. The summed E-state index contributed by atoms with van der Waals surface area (Å²) in [4.78, 5) is 0. The van der Waals surface area contributed by atoms with Crippen LogP contribution in [0.4, 0.5) is 10.1 Å². The molecule has 0 spiro atoms. The number of hydrogen-bond donors (Lipinski definition) is 1. The van der Waals surface area contributed by atoms with E-state index >= 15 is 0 Å². The lowest BCUT2D eigenvalue weighted by atomic mass is 10.0. The molecule has 0 radical (unpaired) electrons. The van der Waals surface area contributed by atoms with E-state index in [1.54, 1.807) is 0 Å². The van der Waals surface area contributed by atoms with E-state index in [0.717, 1.165) is 5.56 Å². The Bertz CT molecular complexity index is 310. The number of hydrogen-bond acceptors (Lipinski definition) is 2. The number of halogens is 1. The Morgan fingerprint density at radius 1 is 1.38 bits per heavy atom. The van der Waals surface area contributed by atoms with Crippen molar-refractivity contribution in [1.29, 1.82) is 0 Å². The molecular weight excluding hydrogens is 169 g/mol. The lowest BCUT2D eigenvalue weighted by molar-refractivity contribution is 0.386. The first-order chi connectivity index (χ1) is 6.06. The van der Waals surface area contributed by atoms with Crippen LogP contribution in [0.2, 0.25) is 0 Å².